The van der Waals surface area contributed by atoms with Crippen LogP contribution >= 0.6 is 0 Å². The second-order valence-electron chi connectivity index (χ2n) is 7.47. The summed E-state index contributed by atoms with van der Waals surface area (Å²) in [5, 5.41) is 10.7. The molecule has 1 saturated heterocycles. The summed E-state index contributed by atoms with van der Waals surface area (Å²) in [7, 11) is 3.00. The largest absolute Gasteiger partial charge is 0.497 e. The molecule has 4 rings (SSSR count). The van der Waals surface area contributed by atoms with E-state index in [0.717, 1.165) is 16.9 Å². The number of carbonyl (C=O) groups is 1. The first-order chi connectivity index (χ1) is 14.6. The van der Waals surface area contributed by atoms with Crippen LogP contribution in [0.1, 0.15) is 23.5 Å². The molecule has 2 heterocycles. The Hall–Kier alpha value is -2.81. The number of hydrogen-bond donors (Lipinski definition) is 3. The number of hydrogen-bond acceptors (Lipinski definition) is 8. The smallest absolute Gasteiger partial charge is 0.306 e. The molecular formula is C22H26N2O6. The van der Waals surface area contributed by atoms with E-state index in [-0.39, 0.29) is 37.1 Å². The van der Waals surface area contributed by atoms with Gasteiger partial charge in [0.05, 0.1) is 20.6 Å². The predicted molar refractivity (Wildman–Crippen MR) is 108 cm³/mol. The molecule has 0 spiro atoms. The molecule has 0 aromatic heterocycles. The fourth-order valence-electron chi connectivity index (χ4n) is 4.19. The van der Waals surface area contributed by atoms with Crippen LogP contribution in [0.3, 0.4) is 0 Å². The van der Waals surface area contributed by atoms with Crippen LogP contribution in [0, 0.1) is 5.92 Å². The Kier molecular flexibility index (Phi) is 6.08. The number of ether oxygens (including phenoxy) is 4. The zero-order chi connectivity index (χ0) is 21.1. The average Bonchev–Trinajstić information content (AvgIpc) is 3.38. The first kappa shape index (κ1) is 20.5. The molecule has 8 heteroatoms. The van der Waals surface area contributed by atoms with Crippen LogP contribution in [0.15, 0.2) is 42.5 Å². The minimum Gasteiger partial charge on any atom is -0.497 e. The molecule has 2 aromatic carbocycles. The fourth-order valence-corrected chi connectivity index (χ4v) is 4.19. The number of carbonyl (C=O) groups excluding carboxylic acids is 1. The van der Waals surface area contributed by atoms with Crippen molar-refractivity contribution in [1.29, 1.82) is 0 Å². The molecule has 2 aliphatic rings. The molecule has 8 nitrogen and oxygen atoms in total. The van der Waals surface area contributed by atoms with Gasteiger partial charge in [-0.05, 0) is 41.8 Å². The van der Waals surface area contributed by atoms with E-state index in [0.29, 0.717) is 17.9 Å². The zero-order valence-corrected chi connectivity index (χ0v) is 17.0. The zero-order valence-electron chi connectivity index (χ0n) is 17.0. The maximum atomic E-state index is 12.2. The molecular weight excluding hydrogens is 388 g/mol. The van der Waals surface area contributed by atoms with Crippen molar-refractivity contribution >= 4 is 5.97 Å². The van der Waals surface area contributed by atoms with Crippen molar-refractivity contribution in [2.24, 2.45) is 5.92 Å². The summed E-state index contributed by atoms with van der Waals surface area (Å²) in [5.74, 6) is 1.21. The van der Waals surface area contributed by atoms with Gasteiger partial charge in [-0.3, -0.25) is 10.2 Å². The third-order valence-corrected chi connectivity index (χ3v) is 5.76. The van der Waals surface area contributed by atoms with Gasteiger partial charge in [-0.2, -0.15) is 0 Å². The van der Waals surface area contributed by atoms with Gasteiger partial charge in [0.2, 0.25) is 6.79 Å². The number of esters is 1. The normalized spacial score (nSPS) is 23.2. The third-order valence-electron chi connectivity index (χ3n) is 5.76. The lowest BCUT2D eigenvalue weighted by Crippen LogP contribution is -2.36. The standard InChI is InChI=1S/C22H26N2O6/c1-27-15-6-3-13(4-7-15)9-17-21(22(26)24-23-17)16(11-20(25)28-2)14-5-8-18-19(10-14)30-12-29-18/h3-8,10,16-17,21-24,26H,9,11-12H2,1-2H3. The second kappa shape index (κ2) is 8.91. The quantitative estimate of drug-likeness (QED) is 0.590. The summed E-state index contributed by atoms with van der Waals surface area (Å²) in [6.07, 6.45) is -0.0188. The second-order valence-corrected chi connectivity index (χ2v) is 7.47. The van der Waals surface area contributed by atoms with Gasteiger partial charge >= 0.3 is 5.97 Å². The molecule has 30 heavy (non-hydrogen) atoms. The van der Waals surface area contributed by atoms with Crippen LogP contribution < -0.4 is 25.1 Å². The average molecular weight is 414 g/mol. The Morgan fingerprint density at radius 1 is 1.13 bits per heavy atom. The van der Waals surface area contributed by atoms with Crippen LogP contribution in [0.25, 0.3) is 0 Å². The van der Waals surface area contributed by atoms with Crippen molar-refractivity contribution in [3.63, 3.8) is 0 Å². The number of benzene rings is 2. The van der Waals surface area contributed by atoms with Crippen molar-refractivity contribution in [2.75, 3.05) is 21.0 Å². The van der Waals surface area contributed by atoms with Gasteiger partial charge in [-0.25, -0.2) is 5.43 Å². The van der Waals surface area contributed by atoms with E-state index in [1.807, 2.05) is 42.5 Å². The summed E-state index contributed by atoms with van der Waals surface area (Å²) < 4.78 is 21.1. The van der Waals surface area contributed by atoms with E-state index in [4.69, 9.17) is 18.9 Å². The topological polar surface area (TPSA) is 98.3 Å². The summed E-state index contributed by atoms with van der Waals surface area (Å²) in [4.78, 5) is 12.2. The maximum Gasteiger partial charge on any atom is 0.306 e. The van der Waals surface area contributed by atoms with E-state index < -0.39 is 6.23 Å². The maximum absolute atomic E-state index is 12.2. The van der Waals surface area contributed by atoms with Gasteiger partial charge in [0.1, 0.15) is 12.0 Å². The van der Waals surface area contributed by atoms with Crippen LogP contribution in [0.5, 0.6) is 17.2 Å². The highest BCUT2D eigenvalue weighted by atomic mass is 16.7. The number of fused-ring (bicyclic) bond motifs is 1. The number of hydrazine groups is 1. The highest BCUT2D eigenvalue weighted by Gasteiger charge is 2.42. The molecule has 0 bridgehead atoms. The summed E-state index contributed by atoms with van der Waals surface area (Å²) in [5.41, 5.74) is 8.10. The van der Waals surface area contributed by atoms with Crippen LogP contribution in [-0.4, -0.2) is 44.4 Å². The Labute approximate surface area is 175 Å². The Balaban J connectivity index is 1.61. The van der Waals surface area contributed by atoms with E-state index in [1.54, 1.807) is 7.11 Å². The highest BCUT2D eigenvalue weighted by Crippen LogP contribution is 2.40. The van der Waals surface area contributed by atoms with E-state index in [2.05, 4.69) is 10.9 Å². The number of rotatable bonds is 7. The lowest BCUT2D eigenvalue weighted by Gasteiger charge is -2.29. The Bertz CT molecular complexity index is 888. The summed E-state index contributed by atoms with van der Waals surface area (Å²) in [6, 6.07) is 13.3. The van der Waals surface area contributed by atoms with Gasteiger partial charge in [-0.1, -0.05) is 18.2 Å². The minimum atomic E-state index is -0.826. The molecule has 160 valence electrons. The highest BCUT2D eigenvalue weighted by molar-refractivity contribution is 5.70. The lowest BCUT2D eigenvalue weighted by atomic mass is 9.77. The van der Waals surface area contributed by atoms with Crippen LogP contribution in [0.2, 0.25) is 0 Å². The molecule has 4 atom stereocenters. The van der Waals surface area contributed by atoms with Gasteiger partial charge in [0.25, 0.3) is 0 Å². The number of methoxy groups -OCH3 is 2. The van der Waals surface area contributed by atoms with Crippen molar-refractivity contribution in [1.82, 2.24) is 10.9 Å². The first-order valence-electron chi connectivity index (χ1n) is 9.87. The minimum absolute atomic E-state index is 0.103. The van der Waals surface area contributed by atoms with Crippen LogP contribution in [0.4, 0.5) is 0 Å². The van der Waals surface area contributed by atoms with Gasteiger partial charge in [-0.15, -0.1) is 0 Å². The molecule has 2 aromatic rings. The number of nitrogens with one attached hydrogen (secondary N) is 2. The fraction of sp³-hybridized carbons (Fsp3) is 0.409. The third kappa shape index (κ3) is 4.21. The van der Waals surface area contributed by atoms with E-state index >= 15 is 0 Å². The Morgan fingerprint density at radius 3 is 2.63 bits per heavy atom. The lowest BCUT2D eigenvalue weighted by molar-refractivity contribution is -0.141. The number of aliphatic hydroxyl groups excluding tert-OH is 1. The van der Waals surface area contributed by atoms with Gasteiger partial charge < -0.3 is 24.1 Å². The summed E-state index contributed by atoms with van der Waals surface area (Å²) >= 11 is 0. The molecule has 0 saturated carbocycles. The first-order valence-corrected chi connectivity index (χ1v) is 9.87. The molecule has 1 fully saturated rings. The summed E-state index contributed by atoms with van der Waals surface area (Å²) in [6.45, 7) is 0.176. The van der Waals surface area contributed by atoms with Gasteiger partial charge in [0.15, 0.2) is 11.5 Å². The molecule has 4 unspecified atom stereocenters. The predicted octanol–water partition coefficient (Wildman–Crippen LogP) is 1.72. The van der Waals surface area contributed by atoms with Crippen molar-refractivity contribution < 1.29 is 28.8 Å². The molecule has 0 radical (unpaired) electrons. The van der Waals surface area contributed by atoms with Crippen molar-refractivity contribution in [3.8, 4) is 17.2 Å². The molecule has 0 amide bonds. The monoisotopic (exact) mass is 414 g/mol. The van der Waals surface area contributed by atoms with Crippen molar-refractivity contribution in [3.05, 3.63) is 53.6 Å². The van der Waals surface area contributed by atoms with Gasteiger partial charge in [0, 0.05) is 17.9 Å². The molecule has 3 N–H and O–H groups in total. The van der Waals surface area contributed by atoms with E-state index in [1.165, 1.54) is 7.11 Å². The molecule has 2 aliphatic heterocycles. The van der Waals surface area contributed by atoms with E-state index in [9.17, 15) is 9.90 Å². The van der Waals surface area contributed by atoms with Crippen molar-refractivity contribution in [2.45, 2.75) is 31.0 Å². The number of aliphatic hydroxyl groups is 1. The SMILES string of the molecule is COC(=O)CC(c1ccc2c(c1)OCO2)C1C(O)NNC1Cc1ccc(OC)cc1. The van der Waals surface area contributed by atoms with Crippen LogP contribution in [-0.2, 0) is 16.0 Å². The molecule has 0 aliphatic carbocycles. The Morgan fingerprint density at radius 2 is 1.90 bits per heavy atom.